The molecule has 36 heavy (non-hydrogen) atoms. The molecule has 1 aliphatic rings. The normalized spacial score (nSPS) is 13.9. The smallest absolute Gasteiger partial charge is 0.275 e. The highest BCUT2D eigenvalue weighted by atomic mass is 16.5. The molecule has 3 rings (SSSR count). The summed E-state index contributed by atoms with van der Waals surface area (Å²) in [5.74, 6) is 3.20. The fourth-order valence-electron chi connectivity index (χ4n) is 3.74. The van der Waals surface area contributed by atoms with Gasteiger partial charge >= 0.3 is 0 Å². The van der Waals surface area contributed by atoms with Crippen molar-refractivity contribution < 1.29 is 29.6 Å². The van der Waals surface area contributed by atoms with Crippen molar-refractivity contribution in [2.45, 2.75) is 12.6 Å². The van der Waals surface area contributed by atoms with Crippen LogP contribution in [0.15, 0.2) is 48.5 Å². The molecule has 2 aromatic carbocycles. The Balaban J connectivity index is 1.59. The molecule has 1 atom stereocenters. The summed E-state index contributed by atoms with van der Waals surface area (Å²) in [5.41, 5.74) is 5.89. The van der Waals surface area contributed by atoms with Gasteiger partial charge in [0.05, 0.1) is 5.92 Å². The standard InChI is InChI=1S/C25H27N5O6/c1-26-23(32)21(24(33)28-36)29(2)25(34)19-11-9-17(10-12-19)4-3-16-5-7-18(8-6-16)13-30-14-20(15-30)22(31)27-35/h5-12,20-21,35-36H,13-15H2,1-2H3,(H,26,32)(H,27,31)(H,28,33). The second-order valence-electron chi connectivity index (χ2n) is 8.30. The minimum atomic E-state index is -1.53. The maximum atomic E-state index is 12.7. The Morgan fingerprint density at radius 3 is 2.00 bits per heavy atom. The molecule has 1 saturated heterocycles. The summed E-state index contributed by atoms with van der Waals surface area (Å²) in [6, 6.07) is 12.6. The summed E-state index contributed by atoms with van der Waals surface area (Å²) in [5, 5.41) is 19.8. The summed E-state index contributed by atoms with van der Waals surface area (Å²) in [7, 11) is 2.61. The summed E-state index contributed by atoms with van der Waals surface area (Å²) >= 11 is 0. The van der Waals surface area contributed by atoms with Crippen LogP contribution in [0.5, 0.6) is 0 Å². The lowest BCUT2D eigenvalue weighted by atomic mass is 9.98. The Morgan fingerprint density at radius 1 is 0.944 bits per heavy atom. The number of carbonyl (C=O) groups is 4. The first-order valence-corrected chi connectivity index (χ1v) is 11.1. The van der Waals surface area contributed by atoms with Crippen LogP contribution in [-0.2, 0) is 20.9 Å². The van der Waals surface area contributed by atoms with Gasteiger partial charge in [-0.1, -0.05) is 24.0 Å². The highest BCUT2D eigenvalue weighted by Gasteiger charge is 2.33. The van der Waals surface area contributed by atoms with E-state index in [0.717, 1.165) is 16.0 Å². The highest BCUT2D eigenvalue weighted by molar-refractivity contribution is 6.08. The molecular formula is C25H27N5O6. The second kappa shape index (κ2) is 11.9. The third kappa shape index (κ3) is 6.25. The average molecular weight is 494 g/mol. The topological polar surface area (TPSA) is 151 Å². The Morgan fingerprint density at radius 2 is 1.50 bits per heavy atom. The zero-order valence-corrected chi connectivity index (χ0v) is 19.8. The molecule has 1 aliphatic heterocycles. The summed E-state index contributed by atoms with van der Waals surface area (Å²) in [6.45, 7) is 1.90. The molecule has 0 aliphatic carbocycles. The predicted molar refractivity (Wildman–Crippen MR) is 127 cm³/mol. The lowest BCUT2D eigenvalue weighted by Crippen LogP contribution is -2.54. The van der Waals surface area contributed by atoms with Crippen LogP contribution in [0, 0.1) is 17.8 Å². The van der Waals surface area contributed by atoms with E-state index in [0.29, 0.717) is 25.2 Å². The van der Waals surface area contributed by atoms with Gasteiger partial charge < -0.3 is 10.2 Å². The number of hydroxylamine groups is 2. The van der Waals surface area contributed by atoms with Gasteiger partial charge in [-0.3, -0.25) is 34.5 Å². The first-order valence-electron chi connectivity index (χ1n) is 11.1. The molecule has 1 unspecified atom stereocenters. The number of rotatable bonds is 7. The van der Waals surface area contributed by atoms with Crippen LogP contribution in [0.3, 0.4) is 0 Å². The van der Waals surface area contributed by atoms with Gasteiger partial charge in [0.2, 0.25) is 5.91 Å². The van der Waals surface area contributed by atoms with E-state index in [-0.39, 0.29) is 17.4 Å². The average Bonchev–Trinajstić information content (AvgIpc) is 2.89. The fraction of sp³-hybridized carbons (Fsp3) is 0.280. The van der Waals surface area contributed by atoms with Gasteiger partial charge in [0.25, 0.3) is 17.7 Å². The Labute approximate surface area is 208 Å². The third-order valence-corrected chi connectivity index (χ3v) is 5.84. The molecule has 11 heteroatoms. The van der Waals surface area contributed by atoms with Crippen molar-refractivity contribution in [2.24, 2.45) is 5.92 Å². The Hall–Kier alpha value is -4.24. The molecule has 1 fully saturated rings. The number of hydrogen-bond acceptors (Lipinski definition) is 7. The first-order chi connectivity index (χ1) is 17.3. The maximum Gasteiger partial charge on any atom is 0.275 e. The SMILES string of the molecule is CNC(=O)C(C(=O)NO)N(C)C(=O)c1ccc(C#Cc2ccc(CN3CC(C(=O)NO)C3)cc2)cc1. The molecule has 4 amide bonds. The van der Waals surface area contributed by atoms with E-state index in [1.54, 1.807) is 29.7 Å². The summed E-state index contributed by atoms with van der Waals surface area (Å²) in [6.07, 6.45) is 0. The van der Waals surface area contributed by atoms with Crippen LogP contribution in [0.4, 0.5) is 0 Å². The molecule has 1 heterocycles. The molecule has 0 saturated carbocycles. The zero-order valence-electron chi connectivity index (χ0n) is 19.8. The van der Waals surface area contributed by atoms with Crippen molar-refractivity contribution in [3.63, 3.8) is 0 Å². The molecule has 0 spiro atoms. The minimum absolute atomic E-state index is 0.181. The molecule has 188 valence electrons. The highest BCUT2D eigenvalue weighted by Crippen LogP contribution is 2.19. The van der Waals surface area contributed by atoms with Crippen molar-refractivity contribution >= 4 is 23.6 Å². The van der Waals surface area contributed by atoms with Crippen LogP contribution in [-0.4, -0.2) is 77.1 Å². The number of hydrogen-bond donors (Lipinski definition) is 5. The first kappa shape index (κ1) is 26.4. The van der Waals surface area contributed by atoms with E-state index in [1.807, 2.05) is 24.3 Å². The van der Waals surface area contributed by atoms with Crippen LogP contribution < -0.4 is 16.3 Å². The molecule has 5 N–H and O–H groups in total. The predicted octanol–water partition coefficient (Wildman–Crippen LogP) is -0.284. The molecular weight excluding hydrogens is 466 g/mol. The van der Waals surface area contributed by atoms with Crippen LogP contribution >= 0.6 is 0 Å². The third-order valence-electron chi connectivity index (χ3n) is 5.84. The number of nitrogens with one attached hydrogen (secondary N) is 3. The lowest BCUT2D eigenvalue weighted by molar-refractivity contribution is -0.141. The van der Waals surface area contributed by atoms with E-state index < -0.39 is 23.8 Å². The van der Waals surface area contributed by atoms with Crippen LogP contribution in [0.2, 0.25) is 0 Å². The monoisotopic (exact) mass is 493 g/mol. The Bertz CT molecular complexity index is 1160. The quantitative estimate of drug-likeness (QED) is 0.154. The second-order valence-corrected chi connectivity index (χ2v) is 8.30. The van der Waals surface area contributed by atoms with Gasteiger partial charge in [-0.2, -0.15) is 0 Å². The van der Waals surface area contributed by atoms with Crippen molar-refractivity contribution in [1.29, 1.82) is 0 Å². The molecule has 11 nitrogen and oxygen atoms in total. The van der Waals surface area contributed by atoms with E-state index >= 15 is 0 Å². The number of nitrogens with zero attached hydrogens (tertiary/aromatic N) is 2. The fourth-order valence-corrected chi connectivity index (χ4v) is 3.74. The van der Waals surface area contributed by atoms with Gasteiger partial charge in [-0.05, 0) is 42.0 Å². The lowest BCUT2D eigenvalue weighted by Gasteiger charge is -2.37. The molecule has 0 aromatic heterocycles. The van der Waals surface area contributed by atoms with Crippen molar-refractivity contribution in [3.8, 4) is 11.8 Å². The van der Waals surface area contributed by atoms with E-state index in [4.69, 9.17) is 10.4 Å². The number of benzene rings is 2. The molecule has 2 aromatic rings. The van der Waals surface area contributed by atoms with Gasteiger partial charge in [0.1, 0.15) is 0 Å². The van der Waals surface area contributed by atoms with E-state index in [1.165, 1.54) is 19.6 Å². The number of carbonyl (C=O) groups excluding carboxylic acids is 4. The van der Waals surface area contributed by atoms with Gasteiger partial charge in [0.15, 0.2) is 6.04 Å². The molecule has 0 bridgehead atoms. The van der Waals surface area contributed by atoms with Gasteiger partial charge in [-0.25, -0.2) is 11.0 Å². The number of amides is 4. The minimum Gasteiger partial charge on any atom is -0.357 e. The van der Waals surface area contributed by atoms with Crippen molar-refractivity contribution in [1.82, 2.24) is 26.1 Å². The van der Waals surface area contributed by atoms with Gasteiger partial charge in [-0.15, -0.1) is 0 Å². The summed E-state index contributed by atoms with van der Waals surface area (Å²) in [4.78, 5) is 51.0. The summed E-state index contributed by atoms with van der Waals surface area (Å²) < 4.78 is 0. The van der Waals surface area contributed by atoms with Crippen molar-refractivity contribution in [3.05, 3.63) is 70.8 Å². The molecule has 0 radical (unpaired) electrons. The Kier molecular flexibility index (Phi) is 8.75. The van der Waals surface area contributed by atoms with Crippen LogP contribution in [0.1, 0.15) is 27.0 Å². The van der Waals surface area contributed by atoms with Crippen molar-refractivity contribution in [2.75, 3.05) is 27.2 Å². The largest absolute Gasteiger partial charge is 0.357 e. The number of likely N-dealkylation sites (N-methyl/N-ethyl adjacent to an activating group) is 2. The maximum absolute atomic E-state index is 12.7. The number of likely N-dealkylation sites (tertiary alicyclic amines) is 1. The van der Waals surface area contributed by atoms with Gasteiger partial charge in [0, 0.05) is 50.4 Å². The van der Waals surface area contributed by atoms with Crippen LogP contribution in [0.25, 0.3) is 0 Å². The van der Waals surface area contributed by atoms with E-state index in [2.05, 4.69) is 22.1 Å². The van der Waals surface area contributed by atoms with E-state index in [9.17, 15) is 19.2 Å². The zero-order chi connectivity index (χ0) is 26.2.